The number of imidazole rings is 1. The van der Waals surface area contributed by atoms with E-state index in [1.807, 2.05) is 38.1 Å². The predicted molar refractivity (Wildman–Crippen MR) is 136 cm³/mol. The lowest BCUT2D eigenvalue weighted by Gasteiger charge is -2.10. The Kier molecular flexibility index (Phi) is 7.83. The molecule has 0 aliphatic rings. The molecule has 1 N–H and O–H groups in total. The number of hydrogen-bond acceptors (Lipinski definition) is 7. The zero-order valence-corrected chi connectivity index (χ0v) is 21.3. The summed E-state index contributed by atoms with van der Waals surface area (Å²) in [5.41, 5.74) is 1.44. The number of halogens is 1. The Morgan fingerprint density at radius 3 is 2.50 bits per heavy atom. The monoisotopic (exact) mass is 512 g/mol. The summed E-state index contributed by atoms with van der Waals surface area (Å²) in [6.45, 7) is 6.21. The van der Waals surface area contributed by atoms with Gasteiger partial charge < -0.3 is 9.51 Å². The number of H-pyrrole nitrogens is 1. The third-order valence-corrected chi connectivity index (χ3v) is 6.51. The van der Waals surface area contributed by atoms with Gasteiger partial charge in [-0.1, -0.05) is 37.6 Å². The van der Waals surface area contributed by atoms with Crippen LogP contribution in [0.15, 0.2) is 38.4 Å². The average molecular weight is 513 g/mol. The summed E-state index contributed by atoms with van der Waals surface area (Å²) >= 11 is 5.97. The fraction of sp³-hybridized carbons (Fsp3) is 0.440. The molecule has 0 radical (unpaired) electrons. The number of aryl methyl sites for hydroxylation is 2. The highest BCUT2D eigenvalue weighted by molar-refractivity contribution is 6.28. The third kappa shape index (κ3) is 5.33. The number of rotatable bonds is 11. The number of nitrogens with one attached hydrogen (secondary N) is 1. The largest absolute Gasteiger partial charge is 0.334 e. The van der Waals surface area contributed by atoms with Crippen LogP contribution in [0.4, 0.5) is 0 Å². The third-order valence-electron chi connectivity index (χ3n) is 6.34. The van der Waals surface area contributed by atoms with E-state index in [1.165, 1.54) is 9.13 Å². The second-order valence-electron chi connectivity index (χ2n) is 8.90. The molecule has 190 valence electrons. The molecule has 4 rings (SSSR count). The van der Waals surface area contributed by atoms with E-state index in [2.05, 4.69) is 20.1 Å². The van der Waals surface area contributed by atoms with E-state index < -0.39 is 5.56 Å². The summed E-state index contributed by atoms with van der Waals surface area (Å²) in [5.74, 6) is 0.906. The van der Waals surface area contributed by atoms with Crippen LogP contribution >= 0.6 is 11.6 Å². The number of fused-ring (bicyclic) bond motifs is 1. The molecular weight excluding hydrogens is 484 g/mol. The van der Waals surface area contributed by atoms with Gasteiger partial charge in [0.05, 0.1) is 0 Å². The van der Waals surface area contributed by atoms with E-state index in [-0.39, 0.29) is 34.7 Å². The Bertz CT molecular complexity index is 1480. The first kappa shape index (κ1) is 25.6. The number of aromatic amines is 1. The SMILES string of the molecule is CCCCn1c(=O)n(CCCCc2noc(-c3ccc([C@H](C)C(C)=O)cc3)n2)c(=O)c2[nH]c(Cl)nc21. The van der Waals surface area contributed by atoms with Gasteiger partial charge in [0.25, 0.3) is 11.4 Å². The Hall–Kier alpha value is -3.53. The van der Waals surface area contributed by atoms with Gasteiger partial charge in [-0.2, -0.15) is 9.97 Å². The van der Waals surface area contributed by atoms with Crippen molar-refractivity contribution in [2.24, 2.45) is 0 Å². The van der Waals surface area contributed by atoms with Gasteiger partial charge >= 0.3 is 5.69 Å². The standard InChI is InChI=1S/C25H29ClN6O4/c1-4-5-13-31-21-20(28-24(26)29-21)23(34)32(25(31)35)14-7-6-8-19-27-22(36-30-19)18-11-9-17(10-12-18)15(2)16(3)33/h9-12,15H,4-8,13-14H2,1-3H3,(H,28,29)/t15-/m1/s1. The Morgan fingerprint density at radius 2 is 1.81 bits per heavy atom. The molecule has 0 saturated heterocycles. The number of carbonyl (C=O) groups is 1. The van der Waals surface area contributed by atoms with Crippen LogP contribution in [0.2, 0.25) is 5.28 Å². The van der Waals surface area contributed by atoms with Gasteiger partial charge in [0.2, 0.25) is 5.28 Å². The second kappa shape index (κ2) is 11.0. The highest BCUT2D eigenvalue weighted by Crippen LogP contribution is 2.22. The van der Waals surface area contributed by atoms with Crippen LogP contribution in [-0.2, 0) is 24.3 Å². The molecule has 0 fully saturated rings. The normalized spacial score (nSPS) is 12.3. The average Bonchev–Trinajstić information content (AvgIpc) is 3.50. The van der Waals surface area contributed by atoms with Crippen molar-refractivity contribution in [1.82, 2.24) is 29.2 Å². The Balaban J connectivity index is 1.41. The van der Waals surface area contributed by atoms with Crippen LogP contribution in [0.5, 0.6) is 0 Å². The minimum Gasteiger partial charge on any atom is -0.334 e. The molecule has 0 bridgehead atoms. The van der Waals surface area contributed by atoms with Crippen LogP contribution in [0.3, 0.4) is 0 Å². The first-order valence-electron chi connectivity index (χ1n) is 12.1. The molecule has 0 unspecified atom stereocenters. The first-order valence-corrected chi connectivity index (χ1v) is 12.5. The molecule has 3 heterocycles. The molecule has 0 saturated carbocycles. The van der Waals surface area contributed by atoms with Gasteiger partial charge in [0.1, 0.15) is 5.78 Å². The van der Waals surface area contributed by atoms with E-state index >= 15 is 0 Å². The zero-order valence-electron chi connectivity index (χ0n) is 20.6. The Labute approximate surface area is 212 Å². The summed E-state index contributed by atoms with van der Waals surface area (Å²) in [7, 11) is 0. The maximum Gasteiger partial charge on any atom is 0.332 e. The Morgan fingerprint density at radius 1 is 1.08 bits per heavy atom. The van der Waals surface area contributed by atoms with Crippen molar-refractivity contribution in [1.29, 1.82) is 0 Å². The molecule has 4 aromatic rings. The van der Waals surface area contributed by atoms with Gasteiger partial charge in [0.15, 0.2) is 17.0 Å². The molecule has 1 atom stereocenters. The van der Waals surface area contributed by atoms with Crippen molar-refractivity contribution in [3.8, 4) is 11.5 Å². The fourth-order valence-electron chi connectivity index (χ4n) is 4.03. The summed E-state index contributed by atoms with van der Waals surface area (Å²) in [4.78, 5) is 48.8. The van der Waals surface area contributed by atoms with E-state index in [4.69, 9.17) is 16.1 Å². The number of benzene rings is 1. The highest BCUT2D eigenvalue weighted by atomic mass is 35.5. The van der Waals surface area contributed by atoms with Crippen molar-refractivity contribution in [3.63, 3.8) is 0 Å². The number of aromatic nitrogens is 6. The van der Waals surface area contributed by atoms with Crippen LogP contribution in [0, 0.1) is 0 Å². The number of ketones is 1. The molecule has 0 aliphatic heterocycles. The van der Waals surface area contributed by atoms with E-state index in [0.717, 1.165) is 24.0 Å². The lowest BCUT2D eigenvalue weighted by atomic mass is 9.97. The molecule has 1 aromatic carbocycles. The fourth-order valence-corrected chi connectivity index (χ4v) is 4.20. The quantitative estimate of drug-likeness (QED) is 0.236. The van der Waals surface area contributed by atoms with Crippen molar-refractivity contribution < 1.29 is 9.32 Å². The maximum atomic E-state index is 13.0. The minimum absolute atomic E-state index is 0.0837. The molecule has 3 aromatic heterocycles. The smallest absolute Gasteiger partial charge is 0.332 e. The first-order chi connectivity index (χ1) is 17.3. The van der Waals surface area contributed by atoms with E-state index in [0.29, 0.717) is 43.2 Å². The number of Topliss-reactive ketones (excluding diaryl/α,β-unsaturated/α-hetero) is 1. The van der Waals surface area contributed by atoms with Crippen molar-refractivity contribution >= 4 is 28.5 Å². The zero-order chi connectivity index (χ0) is 25.8. The topological polar surface area (TPSA) is 129 Å². The number of carbonyl (C=O) groups excluding carboxylic acids is 1. The molecule has 0 spiro atoms. The van der Waals surface area contributed by atoms with Gasteiger partial charge in [-0.25, -0.2) is 4.79 Å². The highest BCUT2D eigenvalue weighted by Gasteiger charge is 2.17. The number of unbranched alkanes of at least 4 members (excludes halogenated alkanes) is 2. The van der Waals surface area contributed by atoms with Gasteiger partial charge in [-0.05, 0) is 55.5 Å². The van der Waals surface area contributed by atoms with Crippen LogP contribution in [0.25, 0.3) is 22.6 Å². The van der Waals surface area contributed by atoms with Crippen molar-refractivity contribution in [3.05, 3.63) is 61.8 Å². The number of nitrogens with zero attached hydrogens (tertiary/aromatic N) is 5. The summed E-state index contributed by atoms with van der Waals surface area (Å²) in [6, 6.07) is 7.50. The molecule has 0 aliphatic carbocycles. The summed E-state index contributed by atoms with van der Waals surface area (Å²) in [5, 5.41) is 4.13. The minimum atomic E-state index is -0.425. The molecule has 0 amide bonds. The van der Waals surface area contributed by atoms with Crippen molar-refractivity contribution in [2.45, 2.75) is 71.9 Å². The lowest BCUT2D eigenvalue weighted by molar-refractivity contribution is -0.118. The molecule has 11 heteroatoms. The van der Waals surface area contributed by atoms with Crippen LogP contribution in [-0.4, -0.2) is 35.0 Å². The molecule has 36 heavy (non-hydrogen) atoms. The maximum absolute atomic E-state index is 13.0. The summed E-state index contributed by atoms with van der Waals surface area (Å²) in [6.07, 6.45) is 3.48. The molecule has 10 nitrogen and oxygen atoms in total. The number of hydrogen-bond donors (Lipinski definition) is 1. The van der Waals surface area contributed by atoms with E-state index in [9.17, 15) is 14.4 Å². The van der Waals surface area contributed by atoms with Crippen LogP contribution in [0.1, 0.15) is 63.8 Å². The van der Waals surface area contributed by atoms with Crippen molar-refractivity contribution in [2.75, 3.05) is 0 Å². The van der Waals surface area contributed by atoms with Crippen LogP contribution < -0.4 is 11.2 Å². The van der Waals surface area contributed by atoms with Gasteiger partial charge in [-0.3, -0.25) is 18.7 Å². The second-order valence-corrected chi connectivity index (χ2v) is 9.26. The van der Waals surface area contributed by atoms with E-state index in [1.54, 1.807) is 6.92 Å². The predicted octanol–water partition coefficient (Wildman–Crippen LogP) is 4.11. The van der Waals surface area contributed by atoms with Gasteiger partial charge in [-0.15, -0.1) is 0 Å². The summed E-state index contributed by atoms with van der Waals surface area (Å²) < 4.78 is 8.14. The molecular formula is C25H29ClN6O4. The van der Waals surface area contributed by atoms with Gasteiger partial charge in [0, 0.05) is 31.0 Å². The lowest BCUT2D eigenvalue weighted by Crippen LogP contribution is -2.40.